The number of rotatable bonds is 5. The zero-order valence-electron chi connectivity index (χ0n) is 13.9. The van der Waals surface area contributed by atoms with Crippen molar-refractivity contribution >= 4 is 17.4 Å². The lowest BCUT2D eigenvalue weighted by Crippen LogP contribution is -2.23. The Labute approximate surface area is 154 Å². The molecular weight excluding hydrogens is 361 g/mol. The number of nitriles is 1. The van der Waals surface area contributed by atoms with Crippen LogP contribution in [0.5, 0.6) is 0 Å². The molecule has 1 saturated heterocycles. The highest BCUT2D eigenvalue weighted by Crippen LogP contribution is 2.36. The van der Waals surface area contributed by atoms with Crippen molar-refractivity contribution in [2.75, 3.05) is 18.0 Å². The van der Waals surface area contributed by atoms with Gasteiger partial charge in [-0.3, -0.25) is 0 Å². The van der Waals surface area contributed by atoms with Gasteiger partial charge >= 0.3 is 6.18 Å². The summed E-state index contributed by atoms with van der Waals surface area (Å²) in [5.41, 5.74) is 0.808. The minimum Gasteiger partial charge on any atom is -0.372 e. The van der Waals surface area contributed by atoms with Gasteiger partial charge in [0.1, 0.15) is 5.40 Å². The molecule has 1 aliphatic heterocycles. The lowest BCUT2D eigenvalue weighted by molar-refractivity contribution is -0.137. The van der Waals surface area contributed by atoms with Crippen LogP contribution in [0.2, 0.25) is 0 Å². The van der Waals surface area contributed by atoms with Crippen LogP contribution in [0.15, 0.2) is 53.4 Å². The second kappa shape index (κ2) is 8.02. The first-order valence-electron chi connectivity index (χ1n) is 8.14. The summed E-state index contributed by atoms with van der Waals surface area (Å²) in [6.07, 6.45) is -3.72. The molecule has 3 nitrogen and oxygen atoms in total. The number of hydrogen-bond acceptors (Lipinski definition) is 4. The van der Waals surface area contributed by atoms with Crippen molar-refractivity contribution in [3.8, 4) is 5.40 Å². The first kappa shape index (κ1) is 18.6. The van der Waals surface area contributed by atoms with Gasteiger partial charge in [0.2, 0.25) is 0 Å². The Morgan fingerprint density at radius 3 is 2.65 bits per heavy atom. The highest BCUT2D eigenvalue weighted by atomic mass is 32.2. The lowest BCUT2D eigenvalue weighted by atomic mass is 10.2. The van der Waals surface area contributed by atoms with E-state index in [-0.39, 0.29) is 6.10 Å². The molecule has 3 rings (SSSR count). The lowest BCUT2D eigenvalue weighted by Gasteiger charge is -2.21. The van der Waals surface area contributed by atoms with Gasteiger partial charge in [-0.1, -0.05) is 30.3 Å². The summed E-state index contributed by atoms with van der Waals surface area (Å²) in [5, 5.41) is 10.6. The van der Waals surface area contributed by atoms with Crippen molar-refractivity contribution in [3.63, 3.8) is 0 Å². The molecule has 136 valence electrons. The number of ether oxygens (including phenoxy) is 1. The SMILES string of the molecule is N#CSc1cc(N2CCC(OCc3ccccc3)C2)cc(C(F)(F)F)c1. The Kier molecular flexibility index (Phi) is 5.74. The predicted molar refractivity (Wildman–Crippen MR) is 94.8 cm³/mol. The largest absolute Gasteiger partial charge is 0.416 e. The van der Waals surface area contributed by atoms with Crippen molar-refractivity contribution < 1.29 is 17.9 Å². The smallest absolute Gasteiger partial charge is 0.372 e. The number of nitrogens with zero attached hydrogens (tertiary/aromatic N) is 2. The van der Waals surface area contributed by atoms with E-state index in [1.165, 1.54) is 0 Å². The Hall–Kier alpha value is -2.17. The minimum absolute atomic E-state index is 0.0307. The second-order valence-electron chi connectivity index (χ2n) is 6.06. The van der Waals surface area contributed by atoms with Crippen molar-refractivity contribution in [1.29, 1.82) is 5.26 Å². The zero-order valence-corrected chi connectivity index (χ0v) is 14.7. The van der Waals surface area contributed by atoms with Crippen LogP contribution in [0.25, 0.3) is 0 Å². The fourth-order valence-corrected chi connectivity index (χ4v) is 3.40. The molecule has 0 bridgehead atoms. The third-order valence-corrected chi connectivity index (χ3v) is 4.78. The molecular formula is C19H17F3N2OS. The molecule has 1 aliphatic rings. The molecule has 0 amide bonds. The fourth-order valence-electron chi connectivity index (χ4n) is 2.93. The molecule has 0 aromatic heterocycles. The highest BCUT2D eigenvalue weighted by molar-refractivity contribution is 8.03. The third kappa shape index (κ3) is 4.71. The summed E-state index contributed by atoms with van der Waals surface area (Å²) in [5.74, 6) is 0. The summed E-state index contributed by atoms with van der Waals surface area (Å²) in [4.78, 5) is 2.18. The first-order chi connectivity index (χ1) is 12.5. The van der Waals surface area contributed by atoms with E-state index in [0.29, 0.717) is 30.3 Å². The van der Waals surface area contributed by atoms with E-state index >= 15 is 0 Å². The van der Waals surface area contributed by atoms with Gasteiger partial charge in [0.25, 0.3) is 0 Å². The van der Waals surface area contributed by atoms with Gasteiger partial charge in [-0.2, -0.15) is 18.4 Å². The number of hydrogen-bond donors (Lipinski definition) is 0. The number of anilines is 1. The van der Waals surface area contributed by atoms with Gasteiger partial charge in [0, 0.05) is 23.7 Å². The van der Waals surface area contributed by atoms with E-state index in [2.05, 4.69) is 0 Å². The van der Waals surface area contributed by atoms with E-state index in [0.717, 1.165) is 35.9 Å². The normalized spacial score (nSPS) is 17.3. The molecule has 2 aromatic rings. The number of benzene rings is 2. The molecule has 7 heteroatoms. The van der Waals surface area contributed by atoms with Crippen LogP contribution in [0.3, 0.4) is 0 Å². The maximum Gasteiger partial charge on any atom is 0.416 e. The monoisotopic (exact) mass is 378 g/mol. The summed E-state index contributed by atoms with van der Waals surface area (Å²) < 4.78 is 45.3. The fraction of sp³-hybridized carbons (Fsp3) is 0.316. The van der Waals surface area contributed by atoms with Crippen molar-refractivity contribution in [2.24, 2.45) is 0 Å². The molecule has 1 heterocycles. The average molecular weight is 378 g/mol. The maximum atomic E-state index is 13.1. The number of thioether (sulfide) groups is 1. The van der Waals surface area contributed by atoms with Gasteiger partial charge in [-0.05, 0) is 41.9 Å². The van der Waals surface area contributed by atoms with E-state index in [1.54, 1.807) is 6.07 Å². The number of thiocyanates is 1. The van der Waals surface area contributed by atoms with Crippen LogP contribution >= 0.6 is 11.8 Å². The molecule has 0 N–H and O–H groups in total. The molecule has 2 aromatic carbocycles. The molecule has 0 spiro atoms. The summed E-state index contributed by atoms with van der Waals surface area (Å²) >= 11 is 0.734. The van der Waals surface area contributed by atoms with Crippen LogP contribution < -0.4 is 4.90 Å². The standard InChI is InChI=1S/C19H17F3N2OS/c20-19(21,22)15-8-16(10-18(9-15)26-13-23)24-7-6-17(11-24)25-12-14-4-2-1-3-5-14/h1-5,8-10,17H,6-7,11-12H2. The van der Waals surface area contributed by atoms with Crippen molar-refractivity contribution in [2.45, 2.75) is 30.2 Å². The quantitative estimate of drug-likeness (QED) is 0.537. The zero-order chi connectivity index (χ0) is 18.6. The Balaban J connectivity index is 1.69. The molecule has 1 fully saturated rings. The van der Waals surface area contributed by atoms with E-state index in [9.17, 15) is 13.2 Å². The van der Waals surface area contributed by atoms with Gasteiger partial charge in [0.15, 0.2) is 0 Å². The van der Waals surface area contributed by atoms with E-state index in [4.69, 9.17) is 10.00 Å². The summed E-state index contributed by atoms with van der Waals surface area (Å²) in [7, 11) is 0. The Morgan fingerprint density at radius 2 is 1.96 bits per heavy atom. The predicted octanol–water partition coefficient (Wildman–Crippen LogP) is 5.07. The average Bonchev–Trinajstić information content (AvgIpc) is 3.09. The van der Waals surface area contributed by atoms with Crippen LogP contribution in [0.1, 0.15) is 17.5 Å². The van der Waals surface area contributed by atoms with Crippen molar-refractivity contribution in [1.82, 2.24) is 0 Å². The van der Waals surface area contributed by atoms with Gasteiger partial charge in [-0.25, -0.2) is 0 Å². The van der Waals surface area contributed by atoms with E-state index < -0.39 is 11.7 Å². The number of alkyl halides is 3. The molecule has 26 heavy (non-hydrogen) atoms. The second-order valence-corrected chi connectivity index (χ2v) is 6.92. The topological polar surface area (TPSA) is 36.3 Å². The number of halogens is 3. The molecule has 0 radical (unpaired) electrons. The van der Waals surface area contributed by atoms with Gasteiger partial charge < -0.3 is 9.64 Å². The Morgan fingerprint density at radius 1 is 1.19 bits per heavy atom. The third-order valence-electron chi connectivity index (χ3n) is 4.22. The molecule has 1 unspecified atom stereocenters. The molecule has 1 atom stereocenters. The van der Waals surface area contributed by atoms with Crippen LogP contribution in [-0.4, -0.2) is 19.2 Å². The van der Waals surface area contributed by atoms with E-state index in [1.807, 2.05) is 40.6 Å². The molecule has 0 aliphatic carbocycles. The Bertz CT molecular complexity index is 790. The highest BCUT2D eigenvalue weighted by Gasteiger charge is 2.32. The summed E-state index contributed by atoms with van der Waals surface area (Å²) in [6, 6.07) is 13.6. The van der Waals surface area contributed by atoms with Gasteiger partial charge in [0.05, 0.1) is 18.3 Å². The maximum absolute atomic E-state index is 13.1. The van der Waals surface area contributed by atoms with Gasteiger partial charge in [-0.15, -0.1) is 0 Å². The van der Waals surface area contributed by atoms with Crippen molar-refractivity contribution in [3.05, 3.63) is 59.7 Å². The minimum atomic E-state index is -4.44. The van der Waals surface area contributed by atoms with Crippen LogP contribution in [0.4, 0.5) is 18.9 Å². The molecule has 0 saturated carbocycles. The first-order valence-corrected chi connectivity index (χ1v) is 8.96. The van der Waals surface area contributed by atoms with Crippen LogP contribution in [0, 0.1) is 10.7 Å². The van der Waals surface area contributed by atoms with Crippen LogP contribution in [-0.2, 0) is 17.5 Å². The summed E-state index contributed by atoms with van der Waals surface area (Å²) in [6.45, 7) is 1.64.